The van der Waals surface area contributed by atoms with Gasteiger partial charge in [-0.25, -0.2) is 0 Å². The minimum atomic E-state index is -1.23. The van der Waals surface area contributed by atoms with Gasteiger partial charge in [-0.3, -0.25) is 4.79 Å². The Morgan fingerprint density at radius 3 is 2.50 bits per heavy atom. The first-order valence-corrected chi connectivity index (χ1v) is 8.31. The van der Waals surface area contributed by atoms with Crippen LogP contribution < -0.4 is 0 Å². The molecule has 0 bridgehead atoms. The molecule has 2 atom stereocenters. The van der Waals surface area contributed by atoms with Gasteiger partial charge in [0.05, 0.1) is 5.41 Å². The van der Waals surface area contributed by atoms with Gasteiger partial charge in [0.1, 0.15) is 12.4 Å². The molecule has 6 heteroatoms. The van der Waals surface area contributed by atoms with E-state index in [-0.39, 0.29) is 6.10 Å². The van der Waals surface area contributed by atoms with Crippen molar-refractivity contribution >= 4 is 17.6 Å². The normalized spacial score (nSPS) is 13.9. The molecule has 1 aromatic carbocycles. The number of esters is 1. The van der Waals surface area contributed by atoms with Crippen molar-refractivity contribution in [3.8, 4) is 0 Å². The zero-order valence-electron chi connectivity index (χ0n) is 14.3. The minimum absolute atomic E-state index is 0.266. The molecule has 0 aliphatic rings. The second kappa shape index (κ2) is 9.67. The number of ether oxygens (including phenoxy) is 1. The van der Waals surface area contributed by atoms with Crippen molar-refractivity contribution in [3.05, 3.63) is 48.2 Å². The average Bonchev–Trinajstić information content (AvgIpc) is 2.54. The summed E-state index contributed by atoms with van der Waals surface area (Å²) in [5.41, 5.74) is 1.01. The maximum Gasteiger partial charge on any atom is 0.304 e. The molecule has 134 valence electrons. The van der Waals surface area contributed by atoms with E-state index in [1.165, 1.54) is 13.2 Å². The fourth-order valence-corrected chi connectivity index (χ4v) is 2.37. The van der Waals surface area contributed by atoms with Crippen LogP contribution >= 0.6 is 11.6 Å². The highest BCUT2D eigenvalue weighted by Gasteiger charge is 2.32. The SMILES string of the molecule is C=COOC(CCCCl)c1ccc(C(C)(C)C(O)OC(C)=O)cc1. The fourth-order valence-electron chi connectivity index (χ4n) is 2.21. The molecule has 1 aromatic rings. The number of aliphatic hydroxyl groups is 1. The third-order valence-corrected chi connectivity index (χ3v) is 4.03. The van der Waals surface area contributed by atoms with Crippen LogP contribution in [0.1, 0.15) is 50.8 Å². The lowest BCUT2D eigenvalue weighted by atomic mass is 9.83. The van der Waals surface area contributed by atoms with Gasteiger partial charge in [-0.2, -0.15) is 4.89 Å². The van der Waals surface area contributed by atoms with Crippen LogP contribution in [0.15, 0.2) is 37.1 Å². The highest BCUT2D eigenvalue weighted by Crippen LogP contribution is 2.31. The molecule has 0 fully saturated rings. The Bertz CT molecular complexity index is 527. The molecule has 2 unspecified atom stereocenters. The molecule has 0 aliphatic heterocycles. The van der Waals surface area contributed by atoms with Crippen molar-refractivity contribution in [2.24, 2.45) is 0 Å². The van der Waals surface area contributed by atoms with Crippen LogP contribution in [-0.2, 0) is 24.7 Å². The van der Waals surface area contributed by atoms with Gasteiger partial charge in [-0.15, -0.1) is 11.6 Å². The summed E-state index contributed by atoms with van der Waals surface area (Å²) in [5, 5.41) is 10.1. The first-order chi connectivity index (χ1) is 11.3. The van der Waals surface area contributed by atoms with Crippen LogP contribution in [0.25, 0.3) is 0 Å². The molecule has 0 saturated carbocycles. The highest BCUT2D eigenvalue weighted by atomic mass is 35.5. The second-order valence-electron chi connectivity index (χ2n) is 5.98. The number of hydrogen-bond donors (Lipinski definition) is 1. The monoisotopic (exact) mass is 356 g/mol. The van der Waals surface area contributed by atoms with Crippen LogP contribution in [0.2, 0.25) is 0 Å². The number of carbonyl (C=O) groups excluding carboxylic acids is 1. The van der Waals surface area contributed by atoms with Crippen molar-refractivity contribution in [1.29, 1.82) is 0 Å². The van der Waals surface area contributed by atoms with E-state index in [0.29, 0.717) is 12.3 Å². The fraction of sp³-hybridized carbons (Fsp3) is 0.500. The topological polar surface area (TPSA) is 65.0 Å². The summed E-state index contributed by atoms with van der Waals surface area (Å²) in [6, 6.07) is 7.52. The molecule has 1 N–H and O–H groups in total. The third kappa shape index (κ3) is 5.82. The number of benzene rings is 1. The maximum atomic E-state index is 11.0. The molecule has 0 saturated heterocycles. The summed E-state index contributed by atoms with van der Waals surface area (Å²) in [5.74, 6) is 0.0106. The van der Waals surface area contributed by atoms with Gasteiger partial charge >= 0.3 is 5.97 Å². The number of rotatable bonds is 10. The third-order valence-electron chi connectivity index (χ3n) is 3.76. The molecule has 1 rings (SSSR count). The molecule has 0 radical (unpaired) electrons. The Hall–Kier alpha value is -1.56. The molecule has 0 spiro atoms. The lowest BCUT2D eigenvalue weighted by Crippen LogP contribution is -2.37. The van der Waals surface area contributed by atoms with Gasteiger partial charge in [0.15, 0.2) is 0 Å². The van der Waals surface area contributed by atoms with Crippen LogP contribution in [0.3, 0.4) is 0 Å². The van der Waals surface area contributed by atoms with Crippen LogP contribution in [0.5, 0.6) is 0 Å². The predicted molar refractivity (Wildman–Crippen MR) is 92.3 cm³/mol. The lowest BCUT2D eigenvalue weighted by molar-refractivity contribution is -0.287. The zero-order valence-corrected chi connectivity index (χ0v) is 15.1. The van der Waals surface area contributed by atoms with E-state index < -0.39 is 17.7 Å². The number of aliphatic hydroxyl groups excluding tert-OH is 1. The van der Waals surface area contributed by atoms with E-state index in [1.807, 2.05) is 24.3 Å². The molecule has 0 aliphatic carbocycles. The molecular formula is C18H25ClO5. The Morgan fingerprint density at radius 2 is 2.00 bits per heavy atom. The van der Waals surface area contributed by atoms with Gasteiger partial charge in [-0.1, -0.05) is 30.8 Å². The predicted octanol–water partition coefficient (Wildman–Crippen LogP) is 4.00. The van der Waals surface area contributed by atoms with Gasteiger partial charge < -0.3 is 14.7 Å². The Kier molecular flexibility index (Phi) is 8.25. The molecule has 0 amide bonds. The van der Waals surface area contributed by atoms with Gasteiger partial charge in [0.25, 0.3) is 0 Å². The standard InChI is InChI=1S/C18H25ClO5/c1-5-22-24-16(7-6-12-19)14-8-10-15(11-9-14)18(3,4)17(21)23-13(2)20/h5,8-11,16-17,21H,1,6-7,12H2,2-4H3. The molecule has 24 heavy (non-hydrogen) atoms. The Labute approximate surface area is 148 Å². The van der Waals surface area contributed by atoms with Crippen molar-refractivity contribution in [1.82, 2.24) is 0 Å². The van der Waals surface area contributed by atoms with Crippen LogP contribution in [0, 0.1) is 0 Å². The van der Waals surface area contributed by atoms with Crippen molar-refractivity contribution < 1.29 is 24.4 Å². The largest absolute Gasteiger partial charge is 0.435 e. The summed E-state index contributed by atoms with van der Waals surface area (Å²) < 4.78 is 4.90. The van der Waals surface area contributed by atoms with E-state index in [4.69, 9.17) is 26.1 Å². The first kappa shape index (κ1) is 20.5. The molecule has 0 aromatic heterocycles. The van der Waals surface area contributed by atoms with Crippen LogP contribution in [0.4, 0.5) is 0 Å². The smallest absolute Gasteiger partial charge is 0.304 e. The molecule has 0 heterocycles. The van der Waals surface area contributed by atoms with Crippen LogP contribution in [-0.4, -0.2) is 23.2 Å². The number of halogens is 1. The average molecular weight is 357 g/mol. The number of alkyl halides is 1. The van der Waals surface area contributed by atoms with Gasteiger partial charge in [-0.05, 0) is 37.8 Å². The van der Waals surface area contributed by atoms with Gasteiger partial charge in [0.2, 0.25) is 6.29 Å². The Morgan fingerprint density at radius 1 is 1.38 bits per heavy atom. The zero-order chi connectivity index (χ0) is 18.2. The Balaban J connectivity index is 2.91. The maximum absolute atomic E-state index is 11.0. The second-order valence-corrected chi connectivity index (χ2v) is 6.36. The molecular weight excluding hydrogens is 332 g/mol. The van der Waals surface area contributed by atoms with E-state index in [0.717, 1.165) is 17.5 Å². The summed E-state index contributed by atoms with van der Waals surface area (Å²) >= 11 is 5.74. The molecule has 5 nitrogen and oxygen atoms in total. The summed E-state index contributed by atoms with van der Waals surface area (Å²) in [4.78, 5) is 21.2. The summed E-state index contributed by atoms with van der Waals surface area (Å²) in [7, 11) is 0. The number of hydrogen-bond acceptors (Lipinski definition) is 5. The van der Waals surface area contributed by atoms with E-state index in [2.05, 4.69) is 6.58 Å². The minimum Gasteiger partial charge on any atom is -0.435 e. The first-order valence-electron chi connectivity index (χ1n) is 7.77. The van der Waals surface area contributed by atoms with E-state index in [9.17, 15) is 9.90 Å². The summed E-state index contributed by atoms with van der Waals surface area (Å²) in [6.07, 6.45) is 1.22. The lowest BCUT2D eigenvalue weighted by Gasteiger charge is -2.30. The summed E-state index contributed by atoms with van der Waals surface area (Å²) in [6.45, 7) is 8.33. The highest BCUT2D eigenvalue weighted by molar-refractivity contribution is 6.17. The van der Waals surface area contributed by atoms with Crippen molar-refractivity contribution in [2.45, 2.75) is 51.4 Å². The van der Waals surface area contributed by atoms with Crippen molar-refractivity contribution in [3.63, 3.8) is 0 Å². The van der Waals surface area contributed by atoms with E-state index >= 15 is 0 Å². The van der Waals surface area contributed by atoms with E-state index in [1.54, 1.807) is 13.8 Å². The van der Waals surface area contributed by atoms with Gasteiger partial charge in [0, 0.05) is 12.8 Å². The van der Waals surface area contributed by atoms with Crippen molar-refractivity contribution in [2.75, 3.05) is 5.88 Å². The number of carbonyl (C=O) groups is 1. The quantitative estimate of drug-likeness (QED) is 0.171.